The summed E-state index contributed by atoms with van der Waals surface area (Å²) in [7, 11) is 1.68. The maximum Gasteiger partial charge on any atom is 0.164 e. The fourth-order valence-electron chi connectivity index (χ4n) is 2.53. The number of rotatable bonds is 8. The van der Waals surface area contributed by atoms with Gasteiger partial charge >= 0.3 is 0 Å². The molecule has 1 aliphatic rings. The first-order chi connectivity index (χ1) is 9.33. The number of ketones is 1. The second kappa shape index (κ2) is 7.46. The van der Waals surface area contributed by atoms with Crippen molar-refractivity contribution in [1.29, 1.82) is 0 Å². The van der Waals surface area contributed by atoms with Gasteiger partial charge in [0, 0.05) is 44.1 Å². The molecule has 0 N–H and O–H groups in total. The lowest BCUT2D eigenvalue weighted by Crippen LogP contribution is -2.13. The van der Waals surface area contributed by atoms with E-state index >= 15 is 0 Å². The SMILES string of the molecule is COCCOCCCCn1ccc2c1CCCC2=O. The topological polar surface area (TPSA) is 40.5 Å². The lowest BCUT2D eigenvalue weighted by atomic mass is 9.97. The Morgan fingerprint density at radius 1 is 1.21 bits per heavy atom. The number of ether oxygens (including phenoxy) is 2. The van der Waals surface area contributed by atoms with E-state index in [0.29, 0.717) is 25.4 Å². The average Bonchev–Trinajstić information content (AvgIpc) is 2.83. The average molecular weight is 265 g/mol. The molecule has 1 aromatic rings. The van der Waals surface area contributed by atoms with E-state index in [-0.39, 0.29) is 0 Å². The minimum Gasteiger partial charge on any atom is -0.382 e. The second-order valence-electron chi connectivity index (χ2n) is 4.96. The summed E-state index contributed by atoms with van der Waals surface area (Å²) >= 11 is 0. The van der Waals surface area contributed by atoms with E-state index in [0.717, 1.165) is 44.4 Å². The van der Waals surface area contributed by atoms with Crippen LogP contribution in [0.4, 0.5) is 0 Å². The lowest BCUT2D eigenvalue weighted by molar-refractivity contribution is 0.0684. The highest BCUT2D eigenvalue weighted by Gasteiger charge is 2.19. The number of aromatic nitrogens is 1. The molecule has 0 saturated carbocycles. The van der Waals surface area contributed by atoms with Gasteiger partial charge in [-0.05, 0) is 31.7 Å². The molecule has 0 aromatic carbocycles. The molecule has 0 radical (unpaired) electrons. The predicted molar refractivity (Wildman–Crippen MR) is 73.6 cm³/mol. The largest absolute Gasteiger partial charge is 0.382 e. The molecular formula is C15H23NO3. The van der Waals surface area contributed by atoms with Gasteiger partial charge in [0.15, 0.2) is 5.78 Å². The molecule has 1 aliphatic carbocycles. The normalized spacial score (nSPS) is 14.7. The van der Waals surface area contributed by atoms with Gasteiger partial charge in [-0.2, -0.15) is 0 Å². The number of methoxy groups -OCH3 is 1. The van der Waals surface area contributed by atoms with Crippen LogP contribution in [0.2, 0.25) is 0 Å². The van der Waals surface area contributed by atoms with Gasteiger partial charge in [0.05, 0.1) is 13.2 Å². The summed E-state index contributed by atoms with van der Waals surface area (Å²) in [4.78, 5) is 11.7. The zero-order valence-corrected chi connectivity index (χ0v) is 11.7. The number of aryl methyl sites for hydroxylation is 1. The summed E-state index contributed by atoms with van der Waals surface area (Å²) in [6, 6.07) is 1.98. The number of unbranched alkanes of at least 4 members (excludes halogenated alkanes) is 1. The van der Waals surface area contributed by atoms with Gasteiger partial charge in [-0.1, -0.05) is 0 Å². The smallest absolute Gasteiger partial charge is 0.164 e. The van der Waals surface area contributed by atoms with E-state index < -0.39 is 0 Å². The third-order valence-corrected chi connectivity index (χ3v) is 3.57. The van der Waals surface area contributed by atoms with Crippen molar-refractivity contribution < 1.29 is 14.3 Å². The molecule has 1 aromatic heterocycles. The quantitative estimate of drug-likeness (QED) is 0.678. The van der Waals surface area contributed by atoms with E-state index in [9.17, 15) is 4.79 Å². The fourth-order valence-corrected chi connectivity index (χ4v) is 2.53. The zero-order valence-electron chi connectivity index (χ0n) is 11.7. The predicted octanol–water partition coefficient (Wildman–Crippen LogP) is 2.45. The van der Waals surface area contributed by atoms with Crippen LogP contribution in [0.1, 0.15) is 41.7 Å². The summed E-state index contributed by atoms with van der Waals surface area (Å²) in [5.74, 6) is 0.308. The Balaban J connectivity index is 1.70. The number of nitrogens with zero attached hydrogens (tertiary/aromatic N) is 1. The van der Waals surface area contributed by atoms with Crippen molar-refractivity contribution in [3.63, 3.8) is 0 Å². The number of Topliss-reactive ketones (excluding diaryl/α,β-unsaturated/α-hetero) is 1. The maximum atomic E-state index is 11.7. The van der Waals surface area contributed by atoms with Crippen LogP contribution in [0, 0.1) is 0 Å². The second-order valence-corrected chi connectivity index (χ2v) is 4.96. The van der Waals surface area contributed by atoms with E-state index in [2.05, 4.69) is 10.8 Å². The van der Waals surface area contributed by atoms with Crippen LogP contribution >= 0.6 is 0 Å². The molecule has 2 rings (SSSR count). The summed E-state index contributed by atoms with van der Waals surface area (Å²) in [5.41, 5.74) is 2.18. The monoisotopic (exact) mass is 265 g/mol. The lowest BCUT2D eigenvalue weighted by Gasteiger charge is -2.14. The van der Waals surface area contributed by atoms with Crippen LogP contribution in [0.5, 0.6) is 0 Å². The van der Waals surface area contributed by atoms with Gasteiger partial charge in [0.1, 0.15) is 0 Å². The molecule has 0 saturated heterocycles. The highest BCUT2D eigenvalue weighted by atomic mass is 16.5. The van der Waals surface area contributed by atoms with E-state index in [1.165, 1.54) is 5.69 Å². The van der Waals surface area contributed by atoms with Gasteiger partial charge in [0.2, 0.25) is 0 Å². The number of carbonyl (C=O) groups excluding carboxylic acids is 1. The van der Waals surface area contributed by atoms with E-state index in [1.54, 1.807) is 7.11 Å². The van der Waals surface area contributed by atoms with Gasteiger partial charge in [0.25, 0.3) is 0 Å². The number of hydrogen-bond acceptors (Lipinski definition) is 3. The number of hydrogen-bond donors (Lipinski definition) is 0. The minimum absolute atomic E-state index is 0.308. The molecule has 106 valence electrons. The molecule has 0 fully saturated rings. The molecule has 19 heavy (non-hydrogen) atoms. The van der Waals surface area contributed by atoms with E-state index in [4.69, 9.17) is 9.47 Å². The van der Waals surface area contributed by atoms with Crippen LogP contribution in [-0.4, -0.2) is 37.3 Å². The van der Waals surface area contributed by atoms with Gasteiger partial charge in [-0.15, -0.1) is 0 Å². The molecule has 0 aliphatic heterocycles. The molecule has 0 spiro atoms. The summed E-state index contributed by atoms with van der Waals surface area (Å²) in [6.07, 6.45) is 6.94. The standard InChI is InChI=1S/C15H23NO3/c1-18-11-12-19-10-3-2-8-16-9-7-13-14(16)5-4-6-15(13)17/h7,9H,2-6,8,10-12H2,1H3. The van der Waals surface area contributed by atoms with Crippen molar-refractivity contribution in [2.45, 2.75) is 38.6 Å². The third-order valence-electron chi connectivity index (χ3n) is 3.57. The Morgan fingerprint density at radius 3 is 2.95 bits per heavy atom. The number of fused-ring (bicyclic) bond motifs is 1. The molecule has 0 unspecified atom stereocenters. The summed E-state index contributed by atoms with van der Waals surface area (Å²) < 4.78 is 12.6. The minimum atomic E-state index is 0.308. The van der Waals surface area contributed by atoms with Crippen molar-refractivity contribution in [1.82, 2.24) is 4.57 Å². The first kappa shape index (κ1) is 14.3. The molecule has 4 nitrogen and oxygen atoms in total. The Bertz CT molecular complexity index is 412. The highest BCUT2D eigenvalue weighted by Crippen LogP contribution is 2.22. The molecule has 0 amide bonds. The van der Waals surface area contributed by atoms with Crippen LogP contribution in [0.3, 0.4) is 0 Å². The van der Waals surface area contributed by atoms with Crippen molar-refractivity contribution in [2.75, 3.05) is 26.9 Å². The Kier molecular flexibility index (Phi) is 5.61. The van der Waals surface area contributed by atoms with Crippen LogP contribution < -0.4 is 0 Å². The third kappa shape index (κ3) is 3.91. The summed E-state index contributed by atoms with van der Waals surface area (Å²) in [5, 5.41) is 0. The molecule has 4 heteroatoms. The molecule has 1 heterocycles. The number of carbonyl (C=O) groups is 1. The van der Waals surface area contributed by atoms with Crippen molar-refractivity contribution >= 4 is 5.78 Å². The molecule has 0 atom stereocenters. The Hall–Kier alpha value is -1.13. The maximum absolute atomic E-state index is 11.7. The zero-order chi connectivity index (χ0) is 13.5. The highest BCUT2D eigenvalue weighted by molar-refractivity contribution is 5.98. The summed E-state index contributed by atoms with van der Waals surface area (Å²) in [6.45, 7) is 3.10. The van der Waals surface area contributed by atoms with E-state index in [1.807, 2.05) is 6.07 Å². The molecular weight excluding hydrogens is 242 g/mol. The van der Waals surface area contributed by atoms with Crippen molar-refractivity contribution in [3.8, 4) is 0 Å². The van der Waals surface area contributed by atoms with Gasteiger partial charge in [-0.3, -0.25) is 4.79 Å². The first-order valence-electron chi connectivity index (χ1n) is 7.11. The van der Waals surface area contributed by atoms with Crippen molar-refractivity contribution in [2.24, 2.45) is 0 Å². The van der Waals surface area contributed by atoms with Crippen LogP contribution in [0.15, 0.2) is 12.3 Å². The van der Waals surface area contributed by atoms with Crippen molar-refractivity contribution in [3.05, 3.63) is 23.5 Å². The first-order valence-corrected chi connectivity index (χ1v) is 7.11. The Labute approximate surface area is 114 Å². The van der Waals surface area contributed by atoms with Crippen LogP contribution in [-0.2, 0) is 22.4 Å². The molecule has 0 bridgehead atoms. The fraction of sp³-hybridized carbons (Fsp3) is 0.667. The van der Waals surface area contributed by atoms with Crippen LogP contribution in [0.25, 0.3) is 0 Å². The van der Waals surface area contributed by atoms with Gasteiger partial charge in [-0.25, -0.2) is 0 Å². The Morgan fingerprint density at radius 2 is 2.11 bits per heavy atom. The van der Waals surface area contributed by atoms with Gasteiger partial charge < -0.3 is 14.0 Å².